The smallest absolute Gasteiger partial charge is 0.356 e. The first-order valence-electron chi connectivity index (χ1n) is 15.0. The topological polar surface area (TPSA) is 132 Å². The molecule has 0 bridgehead atoms. The maximum Gasteiger partial charge on any atom is 0.356 e. The molecule has 0 saturated heterocycles. The van der Waals surface area contributed by atoms with E-state index >= 15 is 0 Å². The van der Waals surface area contributed by atoms with Gasteiger partial charge in [-0.3, -0.25) is 9.59 Å². The highest BCUT2D eigenvalue weighted by Crippen LogP contribution is 2.33. The summed E-state index contributed by atoms with van der Waals surface area (Å²) in [6, 6.07) is 23.1. The molecule has 4 aromatic rings. The van der Waals surface area contributed by atoms with Gasteiger partial charge in [0.2, 0.25) is 5.91 Å². The third-order valence-corrected chi connectivity index (χ3v) is 8.20. The number of nitrogens with one attached hydrogen (secondary N) is 2. The van der Waals surface area contributed by atoms with E-state index < -0.39 is 24.3 Å². The van der Waals surface area contributed by atoms with Crippen LogP contribution in [0.15, 0.2) is 91.1 Å². The van der Waals surface area contributed by atoms with Crippen LogP contribution in [-0.4, -0.2) is 38.8 Å². The lowest BCUT2D eigenvalue weighted by Crippen LogP contribution is -2.36. The van der Waals surface area contributed by atoms with Crippen LogP contribution in [0, 0.1) is 12.8 Å². The average molecular weight is 643 g/mol. The number of rotatable bonds is 12. The molecule has 0 radical (unpaired) electrons. The summed E-state index contributed by atoms with van der Waals surface area (Å²) < 4.78 is 13.3. The first-order valence-corrected chi connectivity index (χ1v) is 15.4. The number of aromatic carboxylic acids is 1. The molecule has 2 atom stereocenters. The van der Waals surface area contributed by atoms with Crippen LogP contribution in [0.1, 0.15) is 57.8 Å². The average Bonchev–Trinajstić information content (AvgIpc) is 3.47. The third kappa shape index (κ3) is 8.21. The monoisotopic (exact) mass is 642 g/mol. The fourth-order valence-electron chi connectivity index (χ4n) is 5.39. The first kappa shape index (κ1) is 32.5. The van der Waals surface area contributed by atoms with Crippen molar-refractivity contribution in [2.45, 2.75) is 51.9 Å². The number of carboxylic acid groups (broad SMARTS) is 1. The molecule has 1 heterocycles. The highest BCUT2D eigenvalue weighted by atomic mass is 35.5. The van der Waals surface area contributed by atoms with Crippen molar-refractivity contribution in [2.24, 2.45) is 5.92 Å². The Bertz CT molecular complexity index is 1740. The molecular formula is C35H35ClN4O6. The Balaban J connectivity index is 1.27. The van der Waals surface area contributed by atoms with Gasteiger partial charge in [-0.25, -0.2) is 9.48 Å². The van der Waals surface area contributed by atoms with E-state index in [0.717, 1.165) is 47.6 Å². The second kappa shape index (κ2) is 14.9. The number of amides is 2. The molecule has 1 aromatic heterocycles. The molecule has 0 unspecified atom stereocenters. The van der Waals surface area contributed by atoms with Crippen LogP contribution >= 0.6 is 11.6 Å². The molecule has 3 aromatic carbocycles. The molecular weight excluding hydrogens is 608 g/mol. The minimum Gasteiger partial charge on any atom is -0.476 e. The summed E-state index contributed by atoms with van der Waals surface area (Å²) in [5.41, 5.74) is 2.28. The first-order chi connectivity index (χ1) is 22.2. The Hall–Kier alpha value is -4.93. The number of carbonyl (C=O) groups excluding carboxylic acids is 2. The number of aryl methyl sites for hydroxylation is 1. The zero-order valence-corrected chi connectivity index (χ0v) is 26.1. The van der Waals surface area contributed by atoms with Crippen molar-refractivity contribution in [3.8, 4) is 11.5 Å². The van der Waals surface area contributed by atoms with Gasteiger partial charge in [-0.2, -0.15) is 5.10 Å². The van der Waals surface area contributed by atoms with Crippen LogP contribution in [0.2, 0.25) is 5.02 Å². The van der Waals surface area contributed by atoms with Crippen molar-refractivity contribution in [1.82, 2.24) is 15.1 Å². The number of halogens is 1. The Labute approximate surface area is 272 Å². The van der Waals surface area contributed by atoms with Gasteiger partial charge in [-0.05, 0) is 61.2 Å². The Morgan fingerprint density at radius 3 is 2.52 bits per heavy atom. The Morgan fingerprint density at radius 1 is 1.02 bits per heavy atom. The van der Waals surface area contributed by atoms with Crippen LogP contribution < -0.4 is 15.4 Å². The van der Waals surface area contributed by atoms with E-state index in [1.807, 2.05) is 37.3 Å². The zero-order valence-electron chi connectivity index (χ0n) is 25.4. The number of para-hydroxylation sites is 2. The molecule has 1 aliphatic carbocycles. The minimum atomic E-state index is -1.33. The van der Waals surface area contributed by atoms with E-state index in [9.17, 15) is 19.5 Å². The lowest BCUT2D eigenvalue weighted by atomic mass is 9.84. The van der Waals surface area contributed by atoms with Gasteiger partial charge in [-0.15, -0.1) is 0 Å². The molecule has 1 fully saturated rings. The van der Waals surface area contributed by atoms with Crippen molar-refractivity contribution in [3.63, 3.8) is 0 Å². The normalized spacial score (nSPS) is 16.0. The molecule has 0 spiro atoms. The van der Waals surface area contributed by atoms with Gasteiger partial charge in [0.05, 0.1) is 18.4 Å². The lowest BCUT2D eigenvalue weighted by Gasteiger charge is -2.33. The second-order valence-electron chi connectivity index (χ2n) is 11.1. The molecule has 11 heteroatoms. The van der Waals surface area contributed by atoms with Crippen molar-refractivity contribution in [1.29, 1.82) is 0 Å². The highest BCUT2D eigenvalue weighted by molar-refractivity contribution is 6.31. The molecule has 5 rings (SSSR count). The van der Waals surface area contributed by atoms with Gasteiger partial charge in [0.1, 0.15) is 18.0 Å². The fraction of sp³-hybridized carbons (Fsp3) is 0.257. The molecule has 46 heavy (non-hydrogen) atoms. The number of ether oxygens (including phenoxy) is 2. The SMILES string of the molecule is C=C(NC(=O)c1cc(C(=O)O)nn1CC(=O)Nc1ccccc1Oc1ccc(Cl)c(C)c1)[C@H]1CCCC[C@@H]1OCc1ccccc1. The van der Waals surface area contributed by atoms with Crippen molar-refractivity contribution in [2.75, 3.05) is 5.32 Å². The molecule has 1 saturated carbocycles. The summed E-state index contributed by atoms with van der Waals surface area (Å²) in [4.78, 5) is 38.4. The maximum absolute atomic E-state index is 13.5. The van der Waals surface area contributed by atoms with Gasteiger partial charge in [0.25, 0.3) is 5.91 Å². The number of aromatic nitrogens is 2. The van der Waals surface area contributed by atoms with E-state index in [-0.39, 0.29) is 23.4 Å². The number of hydrogen-bond donors (Lipinski definition) is 3. The van der Waals surface area contributed by atoms with Crippen LogP contribution in [0.5, 0.6) is 11.5 Å². The van der Waals surface area contributed by atoms with Gasteiger partial charge in [0, 0.05) is 22.7 Å². The standard InChI is InChI=1S/C35H35ClN4O6/c1-22-18-25(16-17-27(22)36)46-32-15-9-7-13-28(32)38-33(41)20-40-30(19-29(39-40)35(43)44)34(42)37-23(2)26-12-6-8-14-31(26)45-21-24-10-4-3-5-11-24/h3-5,7,9-11,13,15-19,26,31H,2,6,8,12,14,20-21H2,1H3,(H,37,42)(H,38,41)(H,43,44)/t26-,31+/m1/s1. The largest absolute Gasteiger partial charge is 0.476 e. The molecule has 238 valence electrons. The molecule has 2 amide bonds. The molecule has 0 aliphatic heterocycles. The summed E-state index contributed by atoms with van der Waals surface area (Å²) in [5, 5.41) is 19.8. The van der Waals surface area contributed by atoms with Gasteiger partial charge in [0.15, 0.2) is 11.4 Å². The van der Waals surface area contributed by atoms with Crippen molar-refractivity contribution >= 4 is 35.1 Å². The number of carboxylic acids is 1. The summed E-state index contributed by atoms with van der Waals surface area (Å²) in [5.74, 6) is -1.70. The van der Waals surface area contributed by atoms with Crippen molar-refractivity contribution < 1.29 is 29.0 Å². The van der Waals surface area contributed by atoms with E-state index in [4.69, 9.17) is 21.1 Å². The van der Waals surface area contributed by atoms with Gasteiger partial charge >= 0.3 is 5.97 Å². The summed E-state index contributed by atoms with van der Waals surface area (Å²) in [6.07, 6.45) is 3.46. The number of hydrogen-bond acceptors (Lipinski definition) is 6. The van der Waals surface area contributed by atoms with Crippen LogP contribution in [-0.2, 0) is 22.7 Å². The zero-order chi connectivity index (χ0) is 32.6. The number of benzene rings is 3. The van der Waals surface area contributed by atoms with Gasteiger partial charge in [-0.1, -0.05) is 73.5 Å². The molecule has 10 nitrogen and oxygen atoms in total. The molecule has 1 aliphatic rings. The molecule has 3 N–H and O–H groups in total. The lowest BCUT2D eigenvalue weighted by molar-refractivity contribution is -0.116. The van der Waals surface area contributed by atoms with E-state index in [1.54, 1.807) is 42.5 Å². The van der Waals surface area contributed by atoms with Crippen LogP contribution in [0.4, 0.5) is 5.69 Å². The second-order valence-corrected chi connectivity index (χ2v) is 11.5. The highest BCUT2D eigenvalue weighted by Gasteiger charge is 2.30. The number of nitrogens with zero attached hydrogens (tertiary/aromatic N) is 2. The summed E-state index contributed by atoms with van der Waals surface area (Å²) >= 11 is 6.13. The quantitative estimate of drug-likeness (QED) is 0.152. The predicted molar refractivity (Wildman–Crippen MR) is 174 cm³/mol. The van der Waals surface area contributed by atoms with Gasteiger partial charge < -0.3 is 25.2 Å². The van der Waals surface area contributed by atoms with E-state index in [2.05, 4.69) is 22.3 Å². The van der Waals surface area contributed by atoms with Crippen LogP contribution in [0.3, 0.4) is 0 Å². The Kier molecular flexibility index (Phi) is 10.5. The van der Waals surface area contributed by atoms with Crippen LogP contribution in [0.25, 0.3) is 0 Å². The minimum absolute atomic E-state index is 0.0903. The number of carbonyl (C=O) groups is 3. The van der Waals surface area contributed by atoms with E-state index in [0.29, 0.717) is 34.5 Å². The fourth-order valence-corrected chi connectivity index (χ4v) is 5.51. The van der Waals surface area contributed by atoms with E-state index in [1.165, 1.54) is 0 Å². The number of anilines is 1. The predicted octanol–water partition coefficient (Wildman–Crippen LogP) is 6.99. The third-order valence-electron chi connectivity index (χ3n) is 7.77. The summed E-state index contributed by atoms with van der Waals surface area (Å²) in [7, 11) is 0. The summed E-state index contributed by atoms with van der Waals surface area (Å²) in [6.45, 7) is 6.01. The maximum atomic E-state index is 13.5. The van der Waals surface area contributed by atoms with Crippen molar-refractivity contribution in [3.05, 3.63) is 119 Å². The Morgan fingerprint density at radius 2 is 1.76 bits per heavy atom.